The van der Waals surface area contributed by atoms with Crippen molar-refractivity contribution in [2.24, 2.45) is 16.8 Å². The van der Waals surface area contributed by atoms with Gasteiger partial charge in [0.15, 0.2) is 5.96 Å². The number of likely N-dealkylation sites (N-methyl/N-ethyl adjacent to an activating group) is 1. The smallest absolute Gasteiger partial charge is 0.193 e. The Morgan fingerprint density at radius 2 is 1.89 bits per heavy atom. The molecule has 0 aliphatic carbocycles. The molecule has 112 valence electrons. The highest BCUT2D eigenvalue weighted by Gasteiger charge is 2.23. The summed E-state index contributed by atoms with van der Waals surface area (Å²) in [7, 11) is 4.05. The monoisotopic (exact) mass is 268 g/mol. The molecule has 0 spiro atoms. The maximum atomic E-state index is 4.44. The largest absolute Gasteiger partial charge is 0.355 e. The molecule has 2 atom stereocenters. The van der Waals surface area contributed by atoms with Crippen LogP contribution in [0.5, 0.6) is 0 Å². The van der Waals surface area contributed by atoms with Crippen LogP contribution in [-0.2, 0) is 0 Å². The fourth-order valence-corrected chi connectivity index (χ4v) is 2.77. The molecule has 1 aliphatic heterocycles. The first-order valence-electron chi connectivity index (χ1n) is 7.59. The molecule has 0 aromatic carbocycles. The molecule has 1 rings (SSSR count). The highest BCUT2D eigenvalue weighted by atomic mass is 15.3. The Balaban J connectivity index is 2.41. The number of hydrogen-bond acceptors (Lipinski definition) is 2. The molecular weight excluding hydrogens is 236 g/mol. The molecule has 1 saturated heterocycles. The number of aliphatic imine (C=N–C) groups is 1. The lowest BCUT2D eigenvalue weighted by Gasteiger charge is -2.37. The molecule has 0 aromatic heterocycles. The molecule has 0 bridgehead atoms. The highest BCUT2D eigenvalue weighted by molar-refractivity contribution is 5.80. The predicted molar refractivity (Wildman–Crippen MR) is 83.6 cm³/mol. The molecule has 1 fully saturated rings. The molecule has 4 heteroatoms. The zero-order valence-electron chi connectivity index (χ0n) is 13.6. The molecule has 0 aromatic rings. The summed E-state index contributed by atoms with van der Waals surface area (Å²) in [4.78, 5) is 9.20. The Bertz CT molecular complexity index is 278. The fraction of sp³-hybridized carbons (Fsp3) is 0.933. The van der Waals surface area contributed by atoms with Crippen LogP contribution in [0, 0.1) is 11.8 Å². The van der Waals surface area contributed by atoms with Gasteiger partial charge in [-0.05, 0) is 39.2 Å². The van der Waals surface area contributed by atoms with Crippen LogP contribution in [0.15, 0.2) is 4.99 Å². The summed E-state index contributed by atoms with van der Waals surface area (Å²) in [5.41, 5.74) is 0. The van der Waals surface area contributed by atoms with Gasteiger partial charge < -0.3 is 15.1 Å². The number of rotatable bonds is 4. The van der Waals surface area contributed by atoms with Gasteiger partial charge in [-0.2, -0.15) is 0 Å². The summed E-state index contributed by atoms with van der Waals surface area (Å²) < 4.78 is 0. The zero-order valence-corrected chi connectivity index (χ0v) is 13.6. The average Bonchev–Trinajstić information content (AvgIpc) is 2.32. The van der Waals surface area contributed by atoms with Gasteiger partial charge in [0.05, 0.1) is 0 Å². The Labute approximate surface area is 119 Å². The predicted octanol–water partition coefficient (Wildman–Crippen LogP) is 1.88. The maximum absolute atomic E-state index is 4.44. The SMILES string of the molecule is CN=C(NCCN(C)C(C)C)N1CC(C)CC(C)C1. The third-order valence-corrected chi connectivity index (χ3v) is 4.01. The van der Waals surface area contributed by atoms with E-state index in [0.29, 0.717) is 6.04 Å². The van der Waals surface area contributed by atoms with E-state index in [1.165, 1.54) is 6.42 Å². The number of nitrogens with zero attached hydrogens (tertiary/aromatic N) is 3. The van der Waals surface area contributed by atoms with Crippen molar-refractivity contribution in [1.82, 2.24) is 15.1 Å². The quantitative estimate of drug-likeness (QED) is 0.624. The maximum Gasteiger partial charge on any atom is 0.193 e. The first kappa shape index (κ1) is 16.3. The van der Waals surface area contributed by atoms with Gasteiger partial charge in [0.2, 0.25) is 0 Å². The van der Waals surface area contributed by atoms with Crippen molar-refractivity contribution in [3.8, 4) is 0 Å². The van der Waals surface area contributed by atoms with Crippen molar-refractivity contribution >= 4 is 5.96 Å². The molecule has 0 saturated carbocycles. The van der Waals surface area contributed by atoms with E-state index in [1.807, 2.05) is 7.05 Å². The second kappa shape index (κ2) is 7.73. The van der Waals surface area contributed by atoms with Gasteiger partial charge in [0.1, 0.15) is 0 Å². The minimum Gasteiger partial charge on any atom is -0.355 e. The number of piperidine rings is 1. The fourth-order valence-electron chi connectivity index (χ4n) is 2.77. The zero-order chi connectivity index (χ0) is 14.4. The van der Waals surface area contributed by atoms with E-state index in [0.717, 1.165) is 44.0 Å². The van der Waals surface area contributed by atoms with Gasteiger partial charge in [0.25, 0.3) is 0 Å². The second-order valence-electron chi connectivity index (χ2n) is 6.40. The van der Waals surface area contributed by atoms with E-state index >= 15 is 0 Å². The molecule has 1 heterocycles. The lowest BCUT2D eigenvalue weighted by atomic mass is 9.92. The normalized spacial score (nSPS) is 25.3. The molecule has 2 unspecified atom stereocenters. The summed E-state index contributed by atoms with van der Waals surface area (Å²) in [5, 5.41) is 3.50. The minimum absolute atomic E-state index is 0.596. The molecule has 0 radical (unpaired) electrons. The van der Waals surface area contributed by atoms with Gasteiger partial charge in [-0.15, -0.1) is 0 Å². The second-order valence-corrected chi connectivity index (χ2v) is 6.40. The topological polar surface area (TPSA) is 30.9 Å². The van der Waals surface area contributed by atoms with Gasteiger partial charge in [0, 0.05) is 39.3 Å². The number of guanidine groups is 1. The number of hydrogen-bond donors (Lipinski definition) is 1. The van der Waals surface area contributed by atoms with E-state index in [9.17, 15) is 0 Å². The molecule has 1 aliphatic rings. The Morgan fingerprint density at radius 3 is 2.37 bits per heavy atom. The summed E-state index contributed by atoms with van der Waals surface area (Å²) >= 11 is 0. The molecule has 19 heavy (non-hydrogen) atoms. The van der Waals surface area contributed by atoms with Crippen LogP contribution in [0.3, 0.4) is 0 Å². The lowest BCUT2D eigenvalue weighted by molar-refractivity contribution is 0.207. The third kappa shape index (κ3) is 5.39. The van der Waals surface area contributed by atoms with E-state index in [-0.39, 0.29) is 0 Å². The van der Waals surface area contributed by atoms with E-state index in [1.54, 1.807) is 0 Å². The van der Waals surface area contributed by atoms with Crippen LogP contribution in [-0.4, -0.2) is 62.1 Å². The first-order valence-corrected chi connectivity index (χ1v) is 7.59. The highest BCUT2D eigenvalue weighted by Crippen LogP contribution is 2.20. The van der Waals surface area contributed by atoms with Crippen molar-refractivity contribution in [3.05, 3.63) is 0 Å². The van der Waals surface area contributed by atoms with Gasteiger partial charge >= 0.3 is 0 Å². The van der Waals surface area contributed by atoms with Crippen molar-refractivity contribution < 1.29 is 0 Å². The third-order valence-electron chi connectivity index (χ3n) is 4.01. The number of likely N-dealkylation sites (tertiary alicyclic amines) is 1. The van der Waals surface area contributed by atoms with Crippen molar-refractivity contribution in [2.75, 3.05) is 40.3 Å². The van der Waals surface area contributed by atoms with Crippen molar-refractivity contribution in [1.29, 1.82) is 0 Å². The Morgan fingerprint density at radius 1 is 1.32 bits per heavy atom. The average molecular weight is 268 g/mol. The van der Waals surface area contributed by atoms with E-state index in [2.05, 4.69) is 54.9 Å². The summed E-state index contributed by atoms with van der Waals surface area (Å²) in [6.07, 6.45) is 1.34. The van der Waals surface area contributed by atoms with Gasteiger partial charge in [-0.3, -0.25) is 4.99 Å². The van der Waals surface area contributed by atoms with E-state index < -0.39 is 0 Å². The lowest BCUT2D eigenvalue weighted by Crippen LogP contribution is -2.49. The van der Waals surface area contributed by atoms with Crippen LogP contribution < -0.4 is 5.32 Å². The van der Waals surface area contributed by atoms with Crippen LogP contribution in [0.2, 0.25) is 0 Å². The van der Waals surface area contributed by atoms with Crippen LogP contribution in [0.1, 0.15) is 34.1 Å². The van der Waals surface area contributed by atoms with Gasteiger partial charge in [-0.1, -0.05) is 13.8 Å². The van der Waals surface area contributed by atoms with Crippen LogP contribution >= 0.6 is 0 Å². The molecule has 0 amide bonds. The van der Waals surface area contributed by atoms with Crippen molar-refractivity contribution in [3.63, 3.8) is 0 Å². The first-order chi connectivity index (χ1) is 8.93. The molecular formula is C15H32N4. The summed E-state index contributed by atoms with van der Waals surface area (Å²) in [6, 6.07) is 0.596. The number of nitrogens with one attached hydrogen (secondary N) is 1. The van der Waals surface area contributed by atoms with Crippen LogP contribution in [0.4, 0.5) is 0 Å². The standard InChI is InChI=1S/C15H32N4/c1-12(2)18(6)8-7-17-15(16-5)19-10-13(3)9-14(4)11-19/h12-14H,7-11H2,1-6H3,(H,16,17). The van der Waals surface area contributed by atoms with Gasteiger partial charge in [-0.25, -0.2) is 0 Å². The summed E-state index contributed by atoms with van der Waals surface area (Å²) in [6.45, 7) is 13.4. The minimum atomic E-state index is 0.596. The summed E-state index contributed by atoms with van der Waals surface area (Å²) in [5.74, 6) is 2.59. The Kier molecular flexibility index (Phi) is 6.63. The van der Waals surface area contributed by atoms with E-state index in [4.69, 9.17) is 0 Å². The van der Waals surface area contributed by atoms with Crippen molar-refractivity contribution in [2.45, 2.75) is 40.2 Å². The van der Waals surface area contributed by atoms with Crippen LogP contribution in [0.25, 0.3) is 0 Å². The Hall–Kier alpha value is -0.770. The molecule has 1 N–H and O–H groups in total. The molecule has 4 nitrogen and oxygen atoms in total.